The molecule has 0 aliphatic heterocycles. The van der Waals surface area contributed by atoms with Crippen molar-refractivity contribution >= 4 is 21.6 Å². The summed E-state index contributed by atoms with van der Waals surface area (Å²) in [5.41, 5.74) is 2.79. The molecule has 0 heterocycles. The predicted molar refractivity (Wildman–Crippen MR) is 105 cm³/mol. The molecule has 0 radical (unpaired) electrons. The molecule has 0 fully saturated rings. The summed E-state index contributed by atoms with van der Waals surface area (Å²) in [5, 5.41) is 0. The minimum Gasteiger partial charge on any atom is -0.342 e. The molecule has 2 rings (SSSR count). The van der Waals surface area contributed by atoms with Gasteiger partial charge < -0.3 is 4.90 Å². The lowest BCUT2D eigenvalue weighted by Gasteiger charge is -2.17. The van der Waals surface area contributed by atoms with Gasteiger partial charge in [-0.15, -0.1) is 0 Å². The average Bonchev–Trinajstić information content (AvgIpc) is 2.62. The Morgan fingerprint density at radius 1 is 1.04 bits per heavy atom. The second kappa shape index (κ2) is 8.36. The summed E-state index contributed by atoms with van der Waals surface area (Å²) in [5.74, 6) is -0.106. The number of nitrogens with zero attached hydrogens (tertiary/aromatic N) is 1. The zero-order valence-corrected chi connectivity index (χ0v) is 16.6. The lowest BCUT2D eigenvalue weighted by atomic mass is 10.1. The van der Waals surface area contributed by atoms with Gasteiger partial charge in [-0.2, -0.15) is 0 Å². The number of anilines is 1. The molecule has 0 bridgehead atoms. The number of carbonyl (C=O) groups is 1. The Kier molecular flexibility index (Phi) is 6.42. The Labute approximate surface area is 156 Å². The highest BCUT2D eigenvalue weighted by molar-refractivity contribution is 7.92. The number of para-hydroxylation sites is 1. The van der Waals surface area contributed by atoms with Gasteiger partial charge in [0.05, 0.1) is 10.6 Å². The minimum atomic E-state index is -3.71. The second-order valence-electron chi connectivity index (χ2n) is 6.48. The summed E-state index contributed by atoms with van der Waals surface area (Å²) in [6.07, 6.45) is 1.95. The van der Waals surface area contributed by atoms with E-state index >= 15 is 0 Å². The fourth-order valence-electron chi connectivity index (χ4n) is 2.66. The highest BCUT2D eigenvalue weighted by atomic mass is 32.2. The van der Waals surface area contributed by atoms with Crippen molar-refractivity contribution in [2.24, 2.45) is 0 Å². The van der Waals surface area contributed by atoms with Crippen LogP contribution in [0.5, 0.6) is 0 Å². The number of hydrogen-bond acceptors (Lipinski definition) is 3. The average molecular weight is 375 g/mol. The van der Waals surface area contributed by atoms with Crippen LogP contribution in [0.3, 0.4) is 0 Å². The normalized spacial score (nSPS) is 11.2. The fourth-order valence-corrected chi connectivity index (χ4v) is 3.87. The number of hydrogen-bond donors (Lipinski definition) is 1. The van der Waals surface area contributed by atoms with Crippen molar-refractivity contribution < 1.29 is 13.2 Å². The molecule has 2 aromatic carbocycles. The number of amides is 1. The zero-order chi connectivity index (χ0) is 19.3. The third kappa shape index (κ3) is 4.64. The maximum Gasteiger partial charge on any atom is 0.261 e. The van der Waals surface area contributed by atoms with E-state index in [-0.39, 0.29) is 10.8 Å². The van der Waals surface area contributed by atoms with Gasteiger partial charge in [-0.1, -0.05) is 31.5 Å². The Hall–Kier alpha value is -2.34. The summed E-state index contributed by atoms with van der Waals surface area (Å²) in [6, 6.07) is 11.7. The van der Waals surface area contributed by atoms with Crippen molar-refractivity contribution in [3.05, 3.63) is 59.2 Å². The number of sulfonamides is 1. The molecule has 0 spiro atoms. The van der Waals surface area contributed by atoms with Crippen molar-refractivity contribution in [2.45, 2.75) is 38.5 Å². The van der Waals surface area contributed by atoms with Gasteiger partial charge in [0.1, 0.15) is 0 Å². The van der Waals surface area contributed by atoms with Crippen LogP contribution in [0.4, 0.5) is 5.69 Å². The Balaban J connectivity index is 2.20. The quantitative estimate of drug-likeness (QED) is 0.797. The molecule has 0 aliphatic carbocycles. The molecule has 1 N–H and O–H groups in total. The van der Waals surface area contributed by atoms with Crippen LogP contribution >= 0.6 is 0 Å². The molecule has 140 valence electrons. The Morgan fingerprint density at radius 3 is 2.15 bits per heavy atom. The van der Waals surface area contributed by atoms with Gasteiger partial charge in [0.2, 0.25) is 0 Å². The summed E-state index contributed by atoms with van der Waals surface area (Å²) in [6.45, 7) is 6.47. The van der Waals surface area contributed by atoms with E-state index in [1.54, 1.807) is 24.1 Å². The number of nitrogens with one attached hydrogen (secondary N) is 1. The maximum atomic E-state index is 12.7. The summed E-state index contributed by atoms with van der Waals surface area (Å²) in [4.78, 5) is 14.1. The molecule has 5 nitrogen and oxygen atoms in total. The lowest BCUT2D eigenvalue weighted by Crippen LogP contribution is -2.27. The van der Waals surface area contributed by atoms with Crippen LogP contribution in [0.2, 0.25) is 0 Å². The van der Waals surface area contributed by atoms with E-state index in [9.17, 15) is 13.2 Å². The van der Waals surface area contributed by atoms with Crippen LogP contribution in [0.1, 0.15) is 41.3 Å². The van der Waals surface area contributed by atoms with Gasteiger partial charge in [0.15, 0.2) is 0 Å². The number of carbonyl (C=O) groups excluding carboxylic acids is 1. The highest BCUT2D eigenvalue weighted by Gasteiger charge is 2.18. The van der Waals surface area contributed by atoms with Crippen molar-refractivity contribution in [1.29, 1.82) is 0 Å². The molecular weight excluding hydrogens is 348 g/mol. The molecule has 2 aromatic rings. The maximum absolute atomic E-state index is 12.7. The monoisotopic (exact) mass is 374 g/mol. The van der Waals surface area contributed by atoms with Crippen LogP contribution in [0, 0.1) is 13.8 Å². The molecule has 0 aromatic heterocycles. The largest absolute Gasteiger partial charge is 0.342 e. The van der Waals surface area contributed by atoms with Crippen molar-refractivity contribution in [3.63, 3.8) is 0 Å². The SMILES string of the molecule is CCCCN(C)C(=O)c1ccc(S(=O)(=O)Nc2c(C)cccc2C)cc1. The van der Waals surface area contributed by atoms with Crippen LogP contribution in [-0.4, -0.2) is 32.8 Å². The van der Waals surface area contributed by atoms with Crippen LogP contribution in [0.25, 0.3) is 0 Å². The molecule has 6 heteroatoms. The molecule has 1 amide bonds. The lowest BCUT2D eigenvalue weighted by molar-refractivity contribution is 0.0793. The zero-order valence-electron chi connectivity index (χ0n) is 15.7. The van der Waals surface area contributed by atoms with E-state index < -0.39 is 10.0 Å². The first kappa shape index (κ1) is 20.0. The first-order chi connectivity index (χ1) is 12.3. The molecule has 0 saturated heterocycles. The number of benzene rings is 2. The topological polar surface area (TPSA) is 66.5 Å². The molecule has 0 saturated carbocycles. The Morgan fingerprint density at radius 2 is 1.62 bits per heavy atom. The van der Waals surface area contributed by atoms with Gasteiger partial charge in [-0.25, -0.2) is 8.42 Å². The van der Waals surface area contributed by atoms with Gasteiger partial charge in [-0.05, 0) is 55.7 Å². The number of aryl methyl sites for hydroxylation is 2. The predicted octanol–water partition coefficient (Wildman–Crippen LogP) is 3.98. The summed E-state index contributed by atoms with van der Waals surface area (Å²) < 4.78 is 28.0. The van der Waals surface area contributed by atoms with Crippen molar-refractivity contribution in [3.8, 4) is 0 Å². The first-order valence-corrected chi connectivity index (χ1v) is 10.2. The first-order valence-electron chi connectivity index (χ1n) is 8.71. The smallest absolute Gasteiger partial charge is 0.261 e. The molecule has 0 atom stereocenters. The third-order valence-electron chi connectivity index (χ3n) is 4.32. The molecule has 0 aliphatic rings. The van der Waals surface area contributed by atoms with E-state index in [0.29, 0.717) is 17.8 Å². The third-order valence-corrected chi connectivity index (χ3v) is 5.69. The van der Waals surface area contributed by atoms with Gasteiger partial charge in [0, 0.05) is 19.2 Å². The Bertz CT molecular complexity index is 854. The standard InChI is InChI=1S/C20H26N2O3S/c1-5-6-14-22(4)20(23)17-10-12-18(13-11-17)26(24,25)21-19-15(2)8-7-9-16(19)3/h7-13,21H,5-6,14H2,1-4H3. The van der Waals surface area contributed by atoms with Crippen LogP contribution < -0.4 is 4.72 Å². The van der Waals surface area contributed by atoms with Gasteiger partial charge >= 0.3 is 0 Å². The molecular formula is C20H26N2O3S. The van der Waals surface area contributed by atoms with E-state index in [2.05, 4.69) is 11.6 Å². The van der Waals surface area contributed by atoms with Crippen molar-refractivity contribution in [2.75, 3.05) is 18.3 Å². The van der Waals surface area contributed by atoms with Crippen LogP contribution in [0.15, 0.2) is 47.4 Å². The number of unbranched alkanes of at least 4 members (excludes halogenated alkanes) is 1. The summed E-state index contributed by atoms with van der Waals surface area (Å²) >= 11 is 0. The van der Waals surface area contributed by atoms with Gasteiger partial charge in [-0.3, -0.25) is 9.52 Å². The van der Waals surface area contributed by atoms with Crippen molar-refractivity contribution in [1.82, 2.24) is 4.90 Å². The van der Waals surface area contributed by atoms with E-state index in [4.69, 9.17) is 0 Å². The number of rotatable bonds is 7. The fraction of sp³-hybridized carbons (Fsp3) is 0.350. The van der Waals surface area contributed by atoms with E-state index in [1.165, 1.54) is 12.1 Å². The molecule has 26 heavy (non-hydrogen) atoms. The van der Waals surface area contributed by atoms with Gasteiger partial charge in [0.25, 0.3) is 15.9 Å². The summed E-state index contributed by atoms with van der Waals surface area (Å²) in [7, 11) is -1.96. The van der Waals surface area contributed by atoms with E-state index in [0.717, 1.165) is 24.0 Å². The minimum absolute atomic E-state index is 0.106. The highest BCUT2D eigenvalue weighted by Crippen LogP contribution is 2.23. The molecule has 0 unspecified atom stereocenters. The van der Waals surface area contributed by atoms with E-state index in [1.807, 2.05) is 32.0 Å². The van der Waals surface area contributed by atoms with Crippen LogP contribution in [-0.2, 0) is 10.0 Å². The second-order valence-corrected chi connectivity index (χ2v) is 8.16.